The Bertz CT molecular complexity index is 858. The van der Waals surface area contributed by atoms with Crippen molar-refractivity contribution in [1.82, 2.24) is 5.32 Å². The van der Waals surface area contributed by atoms with Crippen molar-refractivity contribution in [3.05, 3.63) is 71.4 Å². The summed E-state index contributed by atoms with van der Waals surface area (Å²) in [6.45, 7) is 2.69. The molecule has 2 N–H and O–H groups in total. The fourth-order valence-electron chi connectivity index (χ4n) is 2.11. The fraction of sp³-hybridized carbons (Fsp3) is 0.150. The second kappa shape index (κ2) is 9.51. The second-order valence-corrected chi connectivity index (χ2v) is 5.39. The number of rotatable bonds is 7. The lowest BCUT2D eigenvalue weighted by molar-refractivity contribution is 0.0948. The van der Waals surface area contributed by atoms with Crippen molar-refractivity contribution in [2.24, 2.45) is 0 Å². The molecule has 0 atom stereocenters. The Labute approximate surface area is 152 Å². The number of carbonyl (C=O) groups is 1. The van der Waals surface area contributed by atoms with Crippen LogP contribution in [0.25, 0.3) is 0 Å². The van der Waals surface area contributed by atoms with Crippen molar-refractivity contribution in [3.63, 3.8) is 0 Å². The Balaban J connectivity index is 1.91. The number of nitrogens with one attached hydrogen (secondary N) is 2. The molecule has 2 aromatic rings. The molecular formula is C20H18N4O2. The summed E-state index contributed by atoms with van der Waals surface area (Å²) in [4.78, 5) is 12.3. The zero-order valence-corrected chi connectivity index (χ0v) is 14.3. The summed E-state index contributed by atoms with van der Waals surface area (Å²) in [5.41, 5.74) is 1.99. The predicted molar refractivity (Wildman–Crippen MR) is 98.4 cm³/mol. The Morgan fingerprint density at radius 3 is 2.50 bits per heavy atom. The molecule has 2 rings (SSSR count). The van der Waals surface area contributed by atoms with Gasteiger partial charge in [-0.3, -0.25) is 4.79 Å². The molecular weight excluding hydrogens is 328 g/mol. The molecule has 1 amide bonds. The number of anilines is 1. The van der Waals surface area contributed by atoms with Crippen molar-refractivity contribution < 1.29 is 9.53 Å². The van der Waals surface area contributed by atoms with E-state index in [2.05, 4.69) is 10.6 Å². The number of ether oxygens (including phenoxy) is 1. The summed E-state index contributed by atoms with van der Waals surface area (Å²) < 4.78 is 5.57. The maximum absolute atomic E-state index is 12.3. The van der Waals surface area contributed by atoms with E-state index in [9.17, 15) is 4.79 Å². The largest absolute Gasteiger partial charge is 0.492 e. The van der Waals surface area contributed by atoms with Crippen LogP contribution in [-0.4, -0.2) is 19.1 Å². The SMILES string of the molecule is Cc1ccc(OCCNC(=O)c2ccccc2NC=C(C#N)C#N)cc1. The first kappa shape index (κ1) is 18.6. The molecule has 0 saturated heterocycles. The van der Waals surface area contributed by atoms with Gasteiger partial charge in [-0.2, -0.15) is 10.5 Å². The second-order valence-electron chi connectivity index (χ2n) is 5.39. The molecule has 0 aliphatic carbocycles. The maximum atomic E-state index is 12.3. The Hall–Kier alpha value is -3.77. The number of para-hydroxylation sites is 1. The van der Waals surface area contributed by atoms with E-state index in [0.717, 1.165) is 11.3 Å². The summed E-state index contributed by atoms with van der Waals surface area (Å²) in [6, 6.07) is 18.0. The van der Waals surface area contributed by atoms with Gasteiger partial charge in [-0.25, -0.2) is 0 Å². The van der Waals surface area contributed by atoms with Crippen LogP contribution < -0.4 is 15.4 Å². The van der Waals surface area contributed by atoms with E-state index in [0.29, 0.717) is 24.4 Å². The molecule has 0 heterocycles. The number of carbonyl (C=O) groups excluding carboxylic acids is 1. The molecule has 0 fully saturated rings. The Kier molecular flexibility index (Phi) is 6.79. The highest BCUT2D eigenvalue weighted by Crippen LogP contribution is 2.15. The van der Waals surface area contributed by atoms with Crippen LogP contribution >= 0.6 is 0 Å². The Morgan fingerprint density at radius 1 is 1.12 bits per heavy atom. The van der Waals surface area contributed by atoms with Crippen LogP contribution in [0, 0.1) is 29.6 Å². The lowest BCUT2D eigenvalue weighted by Gasteiger charge is -2.11. The van der Waals surface area contributed by atoms with Gasteiger partial charge in [0.15, 0.2) is 0 Å². The molecule has 0 radical (unpaired) electrons. The number of nitrogens with zero attached hydrogens (tertiary/aromatic N) is 2. The third-order valence-corrected chi connectivity index (χ3v) is 3.46. The number of hydrogen-bond acceptors (Lipinski definition) is 5. The van der Waals surface area contributed by atoms with Crippen LogP contribution in [0.4, 0.5) is 5.69 Å². The van der Waals surface area contributed by atoms with Crippen LogP contribution in [0.3, 0.4) is 0 Å². The quantitative estimate of drug-likeness (QED) is 0.593. The summed E-state index contributed by atoms with van der Waals surface area (Å²) in [7, 11) is 0. The van der Waals surface area contributed by atoms with Crippen molar-refractivity contribution in [1.29, 1.82) is 10.5 Å². The fourth-order valence-corrected chi connectivity index (χ4v) is 2.11. The monoisotopic (exact) mass is 346 g/mol. The number of hydrogen-bond donors (Lipinski definition) is 2. The van der Waals surface area contributed by atoms with Crippen LogP contribution in [0.15, 0.2) is 60.3 Å². The normalized spacial score (nSPS) is 9.35. The summed E-state index contributed by atoms with van der Waals surface area (Å²) in [5, 5.41) is 23.1. The van der Waals surface area contributed by atoms with Gasteiger partial charge in [0.2, 0.25) is 0 Å². The van der Waals surface area contributed by atoms with E-state index in [1.54, 1.807) is 36.4 Å². The molecule has 0 bridgehead atoms. The van der Waals surface area contributed by atoms with Gasteiger partial charge in [-0.15, -0.1) is 0 Å². The highest BCUT2D eigenvalue weighted by atomic mass is 16.5. The van der Waals surface area contributed by atoms with Gasteiger partial charge in [0.05, 0.1) is 17.8 Å². The van der Waals surface area contributed by atoms with E-state index < -0.39 is 0 Å². The molecule has 0 unspecified atom stereocenters. The van der Waals surface area contributed by atoms with E-state index in [4.69, 9.17) is 15.3 Å². The third kappa shape index (κ3) is 5.40. The van der Waals surface area contributed by atoms with Crippen molar-refractivity contribution >= 4 is 11.6 Å². The smallest absolute Gasteiger partial charge is 0.253 e. The first-order valence-electron chi connectivity index (χ1n) is 7.97. The summed E-state index contributed by atoms with van der Waals surface area (Å²) >= 11 is 0. The molecule has 0 aromatic heterocycles. The van der Waals surface area contributed by atoms with E-state index >= 15 is 0 Å². The van der Waals surface area contributed by atoms with Gasteiger partial charge < -0.3 is 15.4 Å². The van der Waals surface area contributed by atoms with E-state index in [-0.39, 0.29) is 11.5 Å². The van der Waals surface area contributed by atoms with Crippen LogP contribution in [0.1, 0.15) is 15.9 Å². The highest BCUT2D eigenvalue weighted by Gasteiger charge is 2.10. The summed E-state index contributed by atoms with van der Waals surface area (Å²) in [5.74, 6) is 0.474. The molecule has 0 saturated carbocycles. The van der Waals surface area contributed by atoms with E-state index in [1.165, 1.54) is 6.20 Å². The van der Waals surface area contributed by atoms with Gasteiger partial charge in [0.25, 0.3) is 5.91 Å². The first-order valence-corrected chi connectivity index (χ1v) is 7.97. The molecule has 6 nitrogen and oxygen atoms in total. The molecule has 130 valence electrons. The van der Waals surface area contributed by atoms with Crippen LogP contribution in [-0.2, 0) is 0 Å². The van der Waals surface area contributed by atoms with Crippen molar-refractivity contribution in [2.45, 2.75) is 6.92 Å². The standard InChI is InChI=1S/C20H18N4O2/c1-15-6-8-17(9-7-15)26-11-10-23-20(25)18-4-2-3-5-19(18)24-14-16(12-21)13-22/h2-9,14,24H,10-11H2,1H3,(H,23,25). The average molecular weight is 346 g/mol. The predicted octanol–water partition coefficient (Wildman–Crippen LogP) is 3.15. The molecule has 6 heteroatoms. The zero-order valence-electron chi connectivity index (χ0n) is 14.3. The van der Waals surface area contributed by atoms with Gasteiger partial charge in [0.1, 0.15) is 30.1 Å². The zero-order chi connectivity index (χ0) is 18.8. The lowest BCUT2D eigenvalue weighted by Crippen LogP contribution is -2.28. The van der Waals surface area contributed by atoms with Gasteiger partial charge in [-0.05, 0) is 31.2 Å². The molecule has 26 heavy (non-hydrogen) atoms. The number of amides is 1. The molecule has 2 aromatic carbocycles. The van der Waals surface area contributed by atoms with Crippen LogP contribution in [0.5, 0.6) is 5.75 Å². The minimum atomic E-state index is -0.274. The number of aryl methyl sites for hydroxylation is 1. The van der Waals surface area contributed by atoms with Crippen molar-refractivity contribution in [2.75, 3.05) is 18.5 Å². The third-order valence-electron chi connectivity index (χ3n) is 3.46. The number of nitriles is 2. The maximum Gasteiger partial charge on any atom is 0.253 e. The average Bonchev–Trinajstić information content (AvgIpc) is 2.67. The van der Waals surface area contributed by atoms with E-state index in [1.807, 2.05) is 31.2 Å². The van der Waals surface area contributed by atoms with Crippen LogP contribution in [0.2, 0.25) is 0 Å². The topological polar surface area (TPSA) is 97.9 Å². The highest BCUT2D eigenvalue weighted by molar-refractivity contribution is 5.99. The van der Waals surface area contributed by atoms with Gasteiger partial charge >= 0.3 is 0 Å². The van der Waals surface area contributed by atoms with Crippen molar-refractivity contribution in [3.8, 4) is 17.9 Å². The minimum absolute atomic E-state index is 0.0771. The van der Waals surface area contributed by atoms with Gasteiger partial charge in [0, 0.05) is 6.20 Å². The summed E-state index contributed by atoms with van der Waals surface area (Å²) in [6.07, 6.45) is 1.27. The molecule has 0 aliphatic rings. The Morgan fingerprint density at radius 2 is 1.81 bits per heavy atom. The number of allylic oxidation sites excluding steroid dienone is 1. The molecule has 0 spiro atoms. The number of benzene rings is 2. The molecule has 0 aliphatic heterocycles. The lowest BCUT2D eigenvalue weighted by atomic mass is 10.1. The minimum Gasteiger partial charge on any atom is -0.492 e. The first-order chi connectivity index (χ1) is 12.6. The van der Waals surface area contributed by atoms with Gasteiger partial charge in [-0.1, -0.05) is 29.8 Å².